The van der Waals surface area contributed by atoms with Crippen LogP contribution in [0.5, 0.6) is 0 Å². The first-order chi connectivity index (χ1) is 9.75. The number of rotatable bonds is 3. The van der Waals surface area contributed by atoms with E-state index in [4.69, 9.17) is 0 Å². The lowest BCUT2D eigenvalue weighted by molar-refractivity contribution is 0.133. The quantitative estimate of drug-likeness (QED) is 0.898. The molecule has 104 valence electrons. The van der Waals surface area contributed by atoms with Crippen molar-refractivity contribution in [3.8, 4) is 0 Å². The highest BCUT2D eigenvalue weighted by Gasteiger charge is 2.26. The fourth-order valence-electron chi connectivity index (χ4n) is 3.22. The van der Waals surface area contributed by atoms with Crippen LogP contribution in [-0.2, 0) is 12.8 Å². The first kappa shape index (κ1) is 13.3. The van der Waals surface area contributed by atoms with Crippen molar-refractivity contribution in [2.45, 2.75) is 37.7 Å². The Balaban J connectivity index is 1.82. The first-order valence-electron chi connectivity index (χ1n) is 7.25. The standard InChI is InChI=1S/C18H19FO/c19-17-11-4-2-7-14(17)12-18(20)16-10-5-8-13-6-1-3-9-15(13)16/h1-4,6-7,9,11,16,18,20H,5,8,10,12H2. The minimum Gasteiger partial charge on any atom is -0.392 e. The summed E-state index contributed by atoms with van der Waals surface area (Å²) in [4.78, 5) is 0. The molecule has 0 heterocycles. The number of fused-ring (bicyclic) bond motifs is 1. The third kappa shape index (κ3) is 2.61. The molecule has 0 aromatic heterocycles. The van der Waals surface area contributed by atoms with Gasteiger partial charge >= 0.3 is 0 Å². The van der Waals surface area contributed by atoms with Crippen LogP contribution in [0, 0.1) is 5.82 Å². The van der Waals surface area contributed by atoms with Gasteiger partial charge in [-0.1, -0.05) is 42.5 Å². The van der Waals surface area contributed by atoms with Crippen LogP contribution in [0.2, 0.25) is 0 Å². The molecule has 0 spiro atoms. The van der Waals surface area contributed by atoms with Crippen LogP contribution < -0.4 is 0 Å². The smallest absolute Gasteiger partial charge is 0.126 e. The van der Waals surface area contributed by atoms with Crippen molar-refractivity contribution in [2.75, 3.05) is 0 Å². The molecule has 0 radical (unpaired) electrons. The summed E-state index contributed by atoms with van der Waals surface area (Å²) in [5, 5.41) is 10.5. The van der Waals surface area contributed by atoms with Gasteiger partial charge in [-0.15, -0.1) is 0 Å². The molecule has 1 nitrogen and oxygen atoms in total. The van der Waals surface area contributed by atoms with Gasteiger partial charge in [-0.05, 0) is 42.0 Å². The van der Waals surface area contributed by atoms with Gasteiger partial charge in [0.2, 0.25) is 0 Å². The molecule has 2 atom stereocenters. The zero-order chi connectivity index (χ0) is 13.9. The second-order valence-electron chi connectivity index (χ2n) is 5.56. The second-order valence-corrected chi connectivity index (χ2v) is 5.56. The highest BCUT2D eigenvalue weighted by atomic mass is 19.1. The Labute approximate surface area is 119 Å². The molecule has 0 fully saturated rings. The molecule has 0 amide bonds. The Morgan fingerprint density at radius 1 is 1.10 bits per heavy atom. The van der Waals surface area contributed by atoms with Crippen molar-refractivity contribution in [1.29, 1.82) is 0 Å². The minimum atomic E-state index is -0.520. The molecule has 1 aliphatic carbocycles. The van der Waals surface area contributed by atoms with E-state index in [0.29, 0.717) is 12.0 Å². The average molecular weight is 270 g/mol. The summed E-state index contributed by atoms with van der Waals surface area (Å²) in [5.74, 6) is -0.102. The summed E-state index contributed by atoms with van der Waals surface area (Å²) in [6.45, 7) is 0. The summed E-state index contributed by atoms with van der Waals surface area (Å²) >= 11 is 0. The Bertz CT molecular complexity index is 593. The van der Waals surface area contributed by atoms with Gasteiger partial charge in [0.05, 0.1) is 6.10 Å². The maximum atomic E-state index is 13.7. The maximum absolute atomic E-state index is 13.7. The largest absolute Gasteiger partial charge is 0.392 e. The molecule has 0 aliphatic heterocycles. The number of benzene rings is 2. The van der Waals surface area contributed by atoms with Gasteiger partial charge in [0.15, 0.2) is 0 Å². The van der Waals surface area contributed by atoms with Crippen molar-refractivity contribution in [1.82, 2.24) is 0 Å². The Morgan fingerprint density at radius 2 is 1.85 bits per heavy atom. The van der Waals surface area contributed by atoms with Crippen molar-refractivity contribution in [2.24, 2.45) is 0 Å². The third-order valence-electron chi connectivity index (χ3n) is 4.27. The summed E-state index contributed by atoms with van der Waals surface area (Å²) in [5.41, 5.74) is 3.17. The number of hydrogen-bond acceptors (Lipinski definition) is 1. The maximum Gasteiger partial charge on any atom is 0.126 e. The molecule has 0 bridgehead atoms. The molecule has 0 saturated carbocycles. The lowest BCUT2D eigenvalue weighted by atomic mass is 9.78. The van der Waals surface area contributed by atoms with E-state index in [0.717, 1.165) is 19.3 Å². The van der Waals surface area contributed by atoms with Crippen LogP contribution in [0.25, 0.3) is 0 Å². The second kappa shape index (κ2) is 5.76. The number of hydrogen-bond donors (Lipinski definition) is 1. The Hall–Kier alpha value is -1.67. The Morgan fingerprint density at radius 3 is 2.70 bits per heavy atom. The van der Waals surface area contributed by atoms with Crippen LogP contribution in [0.15, 0.2) is 48.5 Å². The highest BCUT2D eigenvalue weighted by Crippen LogP contribution is 2.35. The van der Waals surface area contributed by atoms with Crippen LogP contribution in [0.3, 0.4) is 0 Å². The van der Waals surface area contributed by atoms with Crippen LogP contribution >= 0.6 is 0 Å². The highest BCUT2D eigenvalue weighted by molar-refractivity contribution is 5.34. The topological polar surface area (TPSA) is 20.2 Å². The minimum absolute atomic E-state index is 0.125. The molecular weight excluding hydrogens is 251 g/mol. The van der Waals surface area contributed by atoms with Crippen molar-refractivity contribution in [3.05, 3.63) is 71.0 Å². The third-order valence-corrected chi connectivity index (χ3v) is 4.27. The summed E-state index contributed by atoms with van der Waals surface area (Å²) in [6.07, 6.45) is 3.02. The van der Waals surface area contributed by atoms with Crippen LogP contribution in [0.4, 0.5) is 4.39 Å². The molecular formula is C18H19FO. The van der Waals surface area contributed by atoms with Gasteiger partial charge in [0.1, 0.15) is 5.82 Å². The Kier molecular flexibility index (Phi) is 3.83. The van der Waals surface area contributed by atoms with Crippen LogP contribution in [0.1, 0.15) is 35.4 Å². The van der Waals surface area contributed by atoms with Gasteiger partial charge in [-0.2, -0.15) is 0 Å². The fraction of sp³-hybridized carbons (Fsp3) is 0.333. The molecule has 20 heavy (non-hydrogen) atoms. The van der Waals surface area contributed by atoms with E-state index >= 15 is 0 Å². The van der Waals surface area contributed by atoms with Gasteiger partial charge in [-0.25, -0.2) is 4.39 Å². The van der Waals surface area contributed by atoms with Gasteiger partial charge in [0, 0.05) is 12.3 Å². The average Bonchev–Trinajstić information content (AvgIpc) is 2.49. The van der Waals surface area contributed by atoms with Crippen molar-refractivity contribution in [3.63, 3.8) is 0 Å². The number of aliphatic hydroxyl groups excluding tert-OH is 1. The molecule has 2 aromatic carbocycles. The van der Waals surface area contributed by atoms with E-state index in [1.807, 2.05) is 18.2 Å². The van der Waals surface area contributed by atoms with E-state index in [2.05, 4.69) is 12.1 Å². The number of halogens is 1. The lowest BCUT2D eigenvalue weighted by Gasteiger charge is -2.29. The molecule has 2 aromatic rings. The first-order valence-corrected chi connectivity index (χ1v) is 7.25. The van der Waals surface area contributed by atoms with Gasteiger partial charge < -0.3 is 5.11 Å². The monoisotopic (exact) mass is 270 g/mol. The zero-order valence-corrected chi connectivity index (χ0v) is 11.4. The van der Waals surface area contributed by atoms with Crippen molar-refractivity contribution >= 4 is 0 Å². The number of aliphatic hydroxyl groups is 1. The van der Waals surface area contributed by atoms with Crippen LogP contribution in [-0.4, -0.2) is 11.2 Å². The summed E-state index contributed by atoms with van der Waals surface area (Å²) in [7, 11) is 0. The summed E-state index contributed by atoms with van der Waals surface area (Å²) in [6, 6.07) is 15.0. The SMILES string of the molecule is OC(Cc1ccccc1F)C1CCCc2ccccc21. The van der Waals surface area contributed by atoms with Gasteiger partial charge in [0.25, 0.3) is 0 Å². The molecule has 1 N–H and O–H groups in total. The predicted octanol–water partition coefficient (Wildman–Crippen LogP) is 3.85. The van der Waals surface area contributed by atoms with E-state index < -0.39 is 6.10 Å². The fourth-order valence-corrected chi connectivity index (χ4v) is 3.22. The normalized spacial score (nSPS) is 19.4. The molecule has 2 unspecified atom stereocenters. The lowest BCUT2D eigenvalue weighted by Crippen LogP contribution is -2.25. The van der Waals surface area contributed by atoms with E-state index in [1.165, 1.54) is 17.2 Å². The van der Waals surface area contributed by atoms with E-state index in [1.54, 1.807) is 12.1 Å². The molecule has 1 aliphatic rings. The van der Waals surface area contributed by atoms with Crippen molar-refractivity contribution < 1.29 is 9.50 Å². The van der Waals surface area contributed by atoms with E-state index in [-0.39, 0.29) is 11.7 Å². The molecule has 3 rings (SSSR count). The predicted molar refractivity (Wildman–Crippen MR) is 78.2 cm³/mol. The van der Waals surface area contributed by atoms with Gasteiger partial charge in [-0.3, -0.25) is 0 Å². The molecule has 0 saturated heterocycles. The number of aryl methyl sites for hydroxylation is 1. The zero-order valence-electron chi connectivity index (χ0n) is 11.4. The van der Waals surface area contributed by atoms with E-state index in [9.17, 15) is 9.50 Å². The summed E-state index contributed by atoms with van der Waals surface area (Å²) < 4.78 is 13.7. The molecule has 2 heteroatoms.